The molecule has 0 spiro atoms. The fourth-order valence-corrected chi connectivity index (χ4v) is 6.02. The van der Waals surface area contributed by atoms with Crippen molar-refractivity contribution in [1.82, 2.24) is 9.62 Å². The Hall–Kier alpha value is -3.34. The van der Waals surface area contributed by atoms with E-state index < -0.39 is 27.7 Å². The molecule has 2 aliphatic heterocycles. The maximum absolute atomic E-state index is 14.1. The number of nitrogens with one attached hydrogen (secondary N) is 1. The van der Waals surface area contributed by atoms with Gasteiger partial charge in [-0.05, 0) is 76.9 Å². The smallest absolute Gasteiger partial charge is 0.243 e. The van der Waals surface area contributed by atoms with Crippen molar-refractivity contribution in [2.75, 3.05) is 13.1 Å². The van der Waals surface area contributed by atoms with E-state index in [1.165, 1.54) is 40.7 Å². The molecule has 0 radical (unpaired) electrons. The van der Waals surface area contributed by atoms with Crippen LogP contribution in [-0.4, -0.2) is 31.8 Å². The van der Waals surface area contributed by atoms with Crippen molar-refractivity contribution < 1.29 is 17.2 Å². The summed E-state index contributed by atoms with van der Waals surface area (Å²) in [4.78, 5) is 4.61. The number of sulfonamides is 1. The number of benzene rings is 3. The summed E-state index contributed by atoms with van der Waals surface area (Å²) in [6.45, 7) is 0.0308. The molecule has 0 amide bonds. The maximum atomic E-state index is 14.1. The lowest BCUT2D eigenvalue weighted by Gasteiger charge is -2.37. The molecule has 36 heavy (non-hydrogen) atoms. The lowest BCUT2D eigenvalue weighted by Crippen LogP contribution is -2.46. The Labute approximate surface area is 216 Å². The number of aliphatic imine (C=N–C) groups is 1. The highest BCUT2D eigenvalue weighted by Gasteiger charge is 2.37. The second-order valence-electron chi connectivity index (χ2n) is 8.45. The van der Waals surface area contributed by atoms with E-state index in [-0.39, 0.29) is 23.9 Å². The van der Waals surface area contributed by atoms with Gasteiger partial charge >= 0.3 is 0 Å². The quantitative estimate of drug-likeness (QED) is 0.474. The molecule has 0 aromatic heterocycles. The minimum Gasteiger partial charge on any atom is -0.370 e. The summed E-state index contributed by atoms with van der Waals surface area (Å²) in [5.74, 6) is -0.728. The highest BCUT2D eigenvalue weighted by Crippen LogP contribution is 2.38. The molecule has 3 N–H and O–H groups in total. The first kappa shape index (κ1) is 24.4. The van der Waals surface area contributed by atoms with Gasteiger partial charge in [0.2, 0.25) is 10.0 Å². The Balaban J connectivity index is 1.65. The number of guanidine groups is 1. The minimum atomic E-state index is -3.91. The van der Waals surface area contributed by atoms with Gasteiger partial charge in [0.15, 0.2) is 5.96 Å². The Bertz CT molecular complexity index is 1540. The number of hydrogen-bond donors (Lipinski definition) is 2. The molecule has 1 atom stereocenters. The van der Waals surface area contributed by atoms with Crippen molar-refractivity contribution in [2.45, 2.75) is 10.9 Å². The van der Waals surface area contributed by atoms with Crippen LogP contribution in [0.1, 0.15) is 17.2 Å². The van der Waals surface area contributed by atoms with Crippen LogP contribution in [0.5, 0.6) is 0 Å². The molecule has 0 saturated heterocycles. The minimum absolute atomic E-state index is 0.0131. The van der Waals surface area contributed by atoms with Crippen LogP contribution in [-0.2, 0) is 10.0 Å². The largest absolute Gasteiger partial charge is 0.370 e. The molecule has 184 valence electrons. The van der Waals surface area contributed by atoms with Crippen molar-refractivity contribution in [1.29, 1.82) is 0 Å². The molecule has 5 rings (SSSR count). The van der Waals surface area contributed by atoms with Gasteiger partial charge < -0.3 is 11.1 Å². The highest BCUT2D eigenvalue weighted by molar-refractivity contribution is 9.10. The van der Waals surface area contributed by atoms with Gasteiger partial charge in [0.25, 0.3) is 0 Å². The molecular formula is C26H21BrF2N4O2S. The predicted molar refractivity (Wildman–Crippen MR) is 138 cm³/mol. The van der Waals surface area contributed by atoms with E-state index in [0.717, 1.165) is 4.47 Å². The van der Waals surface area contributed by atoms with Crippen LogP contribution in [0.25, 0.3) is 6.08 Å². The summed E-state index contributed by atoms with van der Waals surface area (Å²) in [5.41, 5.74) is 9.00. The number of halogens is 3. The topological polar surface area (TPSA) is 87.8 Å². The van der Waals surface area contributed by atoms with Crippen molar-refractivity contribution in [3.05, 3.63) is 117 Å². The number of hydrogen-bond acceptors (Lipinski definition) is 5. The van der Waals surface area contributed by atoms with Gasteiger partial charge in [0.1, 0.15) is 17.7 Å². The SMILES string of the molecule is NC1=NC(c2cccc(F)c2)C2=C(N1)/C(=C/c1cccc(F)c1)CN(S(=O)(=O)c1ccc(Br)cc1)C2. The van der Waals surface area contributed by atoms with E-state index >= 15 is 0 Å². The molecule has 0 fully saturated rings. The normalized spacial score (nSPS) is 19.6. The van der Waals surface area contributed by atoms with Gasteiger partial charge in [-0.1, -0.05) is 40.2 Å². The highest BCUT2D eigenvalue weighted by atomic mass is 79.9. The lowest BCUT2D eigenvalue weighted by atomic mass is 9.90. The van der Waals surface area contributed by atoms with Gasteiger partial charge in [0.05, 0.1) is 4.90 Å². The Morgan fingerprint density at radius 1 is 1.00 bits per heavy atom. The van der Waals surface area contributed by atoms with Gasteiger partial charge in [-0.15, -0.1) is 0 Å². The van der Waals surface area contributed by atoms with Crippen molar-refractivity contribution in [3.8, 4) is 0 Å². The summed E-state index contributed by atoms with van der Waals surface area (Å²) in [6.07, 6.45) is 1.72. The summed E-state index contributed by atoms with van der Waals surface area (Å²) in [5, 5.41) is 3.06. The van der Waals surface area contributed by atoms with Gasteiger partial charge in [-0.2, -0.15) is 4.31 Å². The summed E-state index contributed by atoms with van der Waals surface area (Å²) < 4.78 is 57.4. The molecule has 0 bridgehead atoms. The van der Waals surface area contributed by atoms with Crippen LogP contribution >= 0.6 is 15.9 Å². The fourth-order valence-electron chi connectivity index (χ4n) is 4.35. The molecule has 0 aliphatic carbocycles. The van der Waals surface area contributed by atoms with Gasteiger partial charge in [-0.25, -0.2) is 22.2 Å². The zero-order valence-corrected chi connectivity index (χ0v) is 21.2. The van der Waals surface area contributed by atoms with Crippen molar-refractivity contribution in [3.63, 3.8) is 0 Å². The van der Waals surface area contributed by atoms with Crippen LogP contribution in [0.4, 0.5) is 8.78 Å². The first-order valence-corrected chi connectivity index (χ1v) is 13.2. The summed E-state index contributed by atoms with van der Waals surface area (Å²) >= 11 is 3.33. The standard InChI is InChI=1S/C26H21BrF2N4O2S/c27-19-7-9-22(10-8-19)36(34,35)33-14-18(11-16-3-1-5-20(28)12-16)25-23(15-33)24(31-26(30)32-25)17-4-2-6-21(29)13-17/h1-13,24H,14-15H2,(H3,30,31,32)/b18-11+. The third-order valence-corrected chi connectivity index (χ3v) is 8.33. The number of rotatable bonds is 4. The number of nitrogens with zero attached hydrogens (tertiary/aromatic N) is 2. The molecule has 3 aromatic carbocycles. The maximum Gasteiger partial charge on any atom is 0.243 e. The molecule has 10 heteroatoms. The molecular weight excluding hydrogens is 550 g/mol. The summed E-state index contributed by atoms with van der Waals surface area (Å²) in [6, 6.07) is 17.7. The molecule has 3 aromatic rings. The second-order valence-corrected chi connectivity index (χ2v) is 11.3. The van der Waals surface area contributed by atoms with E-state index in [4.69, 9.17) is 5.73 Å². The third-order valence-electron chi connectivity index (χ3n) is 5.99. The molecule has 0 saturated carbocycles. The van der Waals surface area contributed by atoms with Crippen LogP contribution in [0.3, 0.4) is 0 Å². The van der Waals surface area contributed by atoms with Gasteiger partial charge in [-0.3, -0.25) is 0 Å². The van der Waals surface area contributed by atoms with Gasteiger partial charge in [0, 0.05) is 23.3 Å². The average molecular weight is 571 g/mol. The molecule has 6 nitrogen and oxygen atoms in total. The average Bonchev–Trinajstić information content (AvgIpc) is 2.84. The van der Waals surface area contributed by atoms with Crippen LogP contribution in [0, 0.1) is 11.6 Å². The number of nitrogens with two attached hydrogens (primary N) is 1. The van der Waals surface area contributed by atoms with E-state index in [0.29, 0.717) is 28.0 Å². The zero-order chi connectivity index (χ0) is 25.4. The van der Waals surface area contributed by atoms with Crippen LogP contribution < -0.4 is 11.1 Å². The molecule has 2 aliphatic rings. The first-order valence-electron chi connectivity index (χ1n) is 11.0. The summed E-state index contributed by atoms with van der Waals surface area (Å²) in [7, 11) is -3.91. The zero-order valence-electron chi connectivity index (χ0n) is 18.8. The van der Waals surface area contributed by atoms with E-state index in [1.807, 2.05) is 0 Å². The van der Waals surface area contributed by atoms with Crippen LogP contribution in [0.2, 0.25) is 0 Å². The first-order chi connectivity index (χ1) is 17.2. The fraction of sp³-hybridized carbons (Fsp3) is 0.115. The van der Waals surface area contributed by atoms with E-state index in [2.05, 4.69) is 26.2 Å². The lowest BCUT2D eigenvalue weighted by molar-refractivity contribution is 0.436. The Morgan fingerprint density at radius 3 is 2.39 bits per heavy atom. The second kappa shape index (κ2) is 9.61. The van der Waals surface area contributed by atoms with Crippen molar-refractivity contribution in [2.24, 2.45) is 10.7 Å². The monoisotopic (exact) mass is 570 g/mol. The van der Waals surface area contributed by atoms with Crippen molar-refractivity contribution >= 4 is 38.0 Å². The predicted octanol–water partition coefficient (Wildman–Crippen LogP) is 4.73. The Morgan fingerprint density at radius 2 is 1.69 bits per heavy atom. The van der Waals surface area contributed by atoms with E-state index in [9.17, 15) is 17.2 Å². The Kier molecular flexibility index (Phi) is 6.50. The van der Waals surface area contributed by atoms with Crippen LogP contribution in [0.15, 0.2) is 104 Å². The van der Waals surface area contributed by atoms with E-state index in [1.54, 1.807) is 42.5 Å². The molecule has 2 heterocycles. The molecule has 1 unspecified atom stereocenters. The third kappa shape index (κ3) is 4.84.